The van der Waals surface area contributed by atoms with E-state index in [-0.39, 0.29) is 24.8 Å². The quantitative estimate of drug-likeness (QED) is 0.801. The van der Waals surface area contributed by atoms with Gasteiger partial charge in [0.1, 0.15) is 12.4 Å². The Kier molecular flexibility index (Phi) is 3.66. The Balaban J connectivity index is 2.07. The summed E-state index contributed by atoms with van der Waals surface area (Å²) in [5.41, 5.74) is 0.861. The van der Waals surface area contributed by atoms with Crippen molar-refractivity contribution >= 4 is 10.0 Å². The number of ether oxygens (including phenoxy) is 1. The Morgan fingerprint density at radius 2 is 2.18 bits per heavy atom. The average molecular weight is 257 g/mol. The highest BCUT2D eigenvalue weighted by molar-refractivity contribution is 7.89. The van der Waals surface area contributed by atoms with E-state index in [9.17, 15) is 8.42 Å². The third-order valence-corrected chi connectivity index (χ3v) is 4.06. The molecule has 0 radical (unpaired) electrons. The van der Waals surface area contributed by atoms with Crippen LogP contribution in [0.1, 0.15) is 18.0 Å². The molecule has 2 rings (SSSR count). The van der Waals surface area contributed by atoms with Crippen LogP contribution in [0.5, 0.6) is 5.75 Å². The molecule has 94 valence electrons. The van der Waals surface area contributed by atoms with Crippen molar-refractivity contribution in [1.29, 1.82) is 0 Å². The highest BCUT2D eigenvalue weighted by Gasteiger charge is 2.27. The van der Waals surface area contributed by atoms with Crippen molar-refractivity contribution in [3.63, 3.8) is 0 Å². The second kappa shape index (κ2) is 5.03. The molecule has 1 heterocycles. The van der Waals surface area contributed by atoms with Gasteiger partial charge in [-0.05, 0) is 12.5 Å². The SMILES string of the molecule is O=S(=O)(CCCO)NC1COc2ccccc21. The summed E-state index contributed by atoms with van der Waals surface area (Å²) in [4.78, 5) is 0. The predicted molar refractivity (Wildman–Crippen MR) is 63.3 cm³/mol. The Morgan fingerprint density at radius 1 is 1.41 bits per heavy atom. The molecule has 0 bridgehead atoms. The minimum atomic E-state index is -3.36. The molecule has 1 aliphatic rings. The Bertz CT molecular complexity index is 486. The highest BCUT2D eigenvalue weighted by Crippen LogP contribution is 2.31. The molecule has 1 atom stereocenters. The lowest BCUT2D eigenvalue weighted by atomic mass is 10.1. The van der Waals surface area contributed by atoms with Crippen molar-refractivity contribution < 1.29 is 18.3 Å². The molecule has 0 aromatic heterocycles. The normalized spacial score (nSPS) is 18.8. The standard InChI is InChI=1S/C11H15NO4S/c13-6-3-7-17(14,15)12-10-8-16-11-5-2-1-4-9(10)11/h1-2,4-5,10,12-13H,3,6-8H2. The molecule has 0 saturated carbocycles. The number of hydrogen-bond donors (Lipinski definition) is 2. The van der Waals surface area contributed by atoms with E-state index in [2.05, 4.69) is 4.72 Å². The molecule has 0 saturated heterocycles. The molecule has 6 heteroatoms. The number of rotatable bonds is 5. The van der Waals surface area contributed by atoms with E-state index in [4.69, 9.17) is 9.84 Å². The zero-order chi connectivity index (χ0) is 12.3. The van der Waals surface area contributed by atoms with Crippen LogP contribution in [0.15, 0.2) is 24.3 Å². The fraction of sp³-hybridized carbons (Fsp3) is 0.455. The first-order chi connectivity index (χ1) is 8.12. The van der Waals surface area contributed by atoms with E-state index in [1.807, 2.05) is 24.3 Å². The first-order valence-electron chi connectivity index (χ1n) is 5.45. The summed E-state index contributed by atoms with van der Waals surface area (Å²) in [7, 11) is -3.36. The summed E-state index contributed by atoms with van der Waals surface area (Å²) in [6.45, 7) is 0.191. The van der Waals surface area contributed by atoms with Gasteiger partial charge in [0.05, 0.1) is 11.8 Å². The molecular weight excluding hydrogens is 242 g/mol. The topological polar surface area (TPSA) is 75.6 Å². The van der Waals surface area contributed by atoms with Crippen molar-refractivity contribution in [2.45, 2.75) is 12.5 Å². The predicted octanol–water partition coefficient (Wildman–Crippen LogP) is 0.422. The first-order valence-corrected chi connectivity index (χ1v) is 7.10. The molecular formula is C11H15NO4S. The summed E-state index contributed by atoms with van der Waals surface area (Å²) in [5, 5.41) is 8.63. The molecule has 1 aromatic rings. The van der Waals surface area contributed by atoms with Gasteiger partial charge in [0.15, 0.2) is 0 Å². The van der Waals surface area contributed by atoms with E-state index in [0.717, 1.165) is 11.3 Å². The maximum absolute atomic E-state index is 11.7. The third-order valence-electron chi connectivity index (χ3n) is 2.59. The third kappa shape index (κ3) is 2.96. The lowest BCUT2D eigenvalue weighted by Gasteiger charge is -2.11. The minimum Gasteiger partial charge on any atom is -0.491 e. The van der Waals surface area contributed by atoms with Crippen LogP contribution in [0, 0.1) is 0 Å². The van der Waals surface area contributed by atoms with Crippen LogP contribution in [-0.2, 0) is 10.0 Å². The van der Waals surface area contributed by atoms with Gasteiger partial charge < -0.3 is 9.84 Å². The van der Waals surface area contributed by atoms with Crippen LogP contribution in [0.3, 0.4) is 0 Å². The molecule has 17 heavy (non-hydrogen) atoms. The summed E-state index contributed by atoms with van der Waals surface area (Å²) >= 11 is 0. The Morgan fingerprint density at radius 3 is 2.94 bits per heavy atom. The van der Waals surface area contributed by atoms with Crippen molar-refractivity contribution in [1.82, 2.24) is 4.72 Å². The molecule has 0 amide bonds. The number of fused-ring (bicyclic) bond motifs is 1. The fourth-order valence-electron chi connectivity index (χ4n) is 1.79. The molecule has 1 aliphatic heterocycles. The highest BCUT2D eigenvalue weighted by atomic mass is 32.2. The van der Waals surface area contributed by atoms with Gasteiger partial charge >= 0.3 is 0 Å². The van der Waals surface area contributed by atoms with E-state index in [1.165, 1.54) is 0 Å². The van der Waals surface area contributed by atoms with Crippen LogP contribution in [0.2, 0.25) is 0 Å². The average Bonchev–Trinajstić information content (AvgIpc) is 2.70. The number of benzene rings is 1. The van der Waals surface area contributed by atoms with Crippen molar-refractivity contribution in [2.75, 3.05) is 19.0 Å². The zero-order valence-electron chi connectivity index (χ0n) is 9.30. The second-order valence-electron chi connectivity index (χ2n) is 3.92. The molecule has 0 fully saturated rings. The van der Waals surface area contributed by atoms with Crippen LogP contribution >= 0.6 is 0 Å². The smallest absolute Gasteiger partial charge is 0.212 e. The number of aliphatic hydroxyl groups excluding tert-OH is 1. The number of nitrogens with one attached hydrogen (secondary N) is 1. The summed E-state index contributed by atoms with van der Waals surface area (Å²) in [5.74, 6) is 0.657. The van der Waals surface area contributed by atoms with Crippen LogP contribution < -0.4 is 9.46 Å². The van der Waals surface area contributed by atoms with Gasteiger partial charge in [0.2, 0.25) is 10.0 Å². The van der Waals surface area contributed by atoms with Crippen LogP contribution in [0.25, 0.3) is 0 Å². The molecule has 2 N–H and O–H groups in total. The van der Waals surface area contributed by atoms with Gasteiger partial charge in [0.25, 0.3) is 0 Å². The molecule has 0 aliphatic carbocycles. The van der Waals surface area contributed by atoms with Crippen molar-refractivity contribution in [3.8, 4) is 5.75 Å². The van der Waals surface area contributed by atoms with Crippen molar-refractivity contribution in [3.05, 3.63) is 29.8 Å². The van der Waals surface area contributed by atoms with E-state index >= 15 is 0 Å². The summed E-state index contributed by atoms with van der Waals surface area (Å²) in [6.07, 6.45) is 0.241. The van der Waals surface area contributed by atoms with Gasteiger partial charge in [-0.25, -0.2) is 13.1 Å². The summed E-state index contributed by atoms with van der Waals surface area (Å²) < 4.78 is 31.3. The maximum Gasteiger partial charge on any atom is 0.212 e. The number of aliphatic hydroxyl groups is 1. The molecule has 0 spiro atoms. The molecule has 1 aromatic carbocycles. The lowest BCUT2D eigenvalue weighted by Crippen LogP contribution is -2.31. The lowest BCUT2D eigenvalue weighted by molar-refractivity contribution is 0.294. The van der Waals surface area contributed by atoms with E-state index < -0.39 is 10.0 Å². The van der Waals surface area contributed by atoms with Gasteiger partial charge in [-0.15, -0.1) is 0 Å². The number of sulfonamides is 1. The monoisotopic (exact) mass is 257 g/mol. The second-order valence-corrected chi connectivity index (χ2v) is 5.79. The van der Waals surface area contributed by atoms with Crippen molar-refractivity contribution in [2.24, 2.45) is 0 Å². The van der Waals surface area contributed by atoms with E-state index in [0.29, 0.717) is 6.61 Å². The fourth-order valence-corrected chi connectivity index (χ4v) is 3.05. The van der Waals surface area contributed by atoms with Gasteiger partial charge in [-0.2, -0.15) is 0 Å². The maximum atomic E-state index is 11.7. The Hall–Kier alpha value is -1.11. The number of hydrogen-bond acceptors (Lipinski definition) is 4. The van der Waals surface area contributed by atoms with Gasteiger partial charge in [-0.3, -0.25) is 0 Å². The van der Waals surface area contributed by atoms with Crippen LogP contribution in [-0.4, -0.2) is 32.5 Å². The zero-order valence-corrected chi connectivity index (χ0v) is 10.1. The largest absolute Gasteiger partial charge is 0.491 e. The molecule has 1 unspecified atom stereocenters. The van der Waals surface area contributed by atoms with Gasteiger partial charge in [0, 0.05) is 12.2 Å². The number of para-hydroxylation sites is 1. The minimum absolute atomic E-state index is 0.0673. The summed E-state index contributed by atoms with van der Waals surface area (Å²) in [6, 6.07) is 7.04. The van der Waals surface area contributed by atoms with E-state index in [1.54, 1.807) is 0 Å². The Labute approximate surface area is 100 Å². The van der Waals surface area contributed by atoms with Gasteiger partial charge in [-0.1, -0.05) is 18.2 Å². The van der Waals surface area contributed by atoms with Crippen LogP contribution in [0.4, 0.5) is 0 Å². The molecule has 5 nitrogen and oxygen atoms in total. The first kappa shape index (κ1) is 12.3.